The van der Waals surface area contributed by atoms with Gasteiger partial charge in [-0.15, -0.1) is 0 Å². The summed E-state index contributed by atoms with van der Waals surface area (Å²) >= 11 is 0. The summed E-state index contributed by atoms with van der Waals surface area (Å²) in [5.41, 5.74) is 0. The minimum atomic E-state index is -1.19. The smallest absolute Gasteiger partial charge is 0.326 e. The molecule has 0 aromatic heterocycles. The van der Waals surface area contributed by atoms with Crippen molar-refractivity contribution < 1.29 is 24.6 Å². The predicted molar refractivity (Wildman–Crippen MR) is 60.9 cm³/mol. The number of amides is 3. The molecule has 1 saturated heterocycles. The Morgan fingerprint density at radius 3 is 2.78 bits per heavy atom. The first-order valence-electron chi connectivity index (χ1n) is 5.70. The third-order valence-electron chi connectivity index (χ3n) is 2.61. The van der Waals surface area contributed by atoms with Gasteiger partial charge in [-0.05, 0) is 0 Å². The van der Waals surface area contributed by atoms with Crippen molar-refractivity contribution in [2.75, 3.05) is 26.2 Å². The van der Waals surface area contributed by atoms with Crippen molar-refractivity contribution in [3.63, 3.8) is 0 Å². The molecule has 1 rings (SSSR count). The maximum Gasteiger partial charge on any atom is 0.326 e. The zero-order valence-corrected chi connectivity index (χ0v) is 9.89. The summed E-state index contributed by atoms with van der Waals surface area (Å²) in [5, 5.41) is 22.5. The van der Waals surface area contributed by atoms with E-state index in [0.29, 0.717) is 13.1 Å². The number of nitrogens with zero attached hydrogens (tertiary/aromatic N) is 1. The van der Waals surface area contributed by atoms with E-state index < -0.39 is 18.0 Å². The van der Waals surface area contributed by atoms with Gasteiger partial charge in [-0.2, -0.15) is 0 Å². The Labute approximate surface area is 104 Å². The molecule has 18 heavy (non-hydrogen) atoms. The van der Waals surface area contributed by atoms with Crippen LogP contribution in [0, 0.1) is 0 Å². The lowest BCUT2D eigenvalue weighted by Gasteiger charge is -2.22. The quantitative estimate of drug-likeness (QED) is 0.482. The molecule has 8 heteroatoms. The third kappa shape index (κ3) is 4.21. The molecule has 102 valence electrons. The van der Waals surface area contributed by atoms with Gasteiger partial charge < -0.3 is 25.7 Å². The summed E-state index contributed by atoms with van der Waals surface area (Å²) in [4.78, 5) is 35.1. The molecule has 0 saturated carbocycles. The van der Waals surface area contributed by atoms with Crippen LogP contribution < -0.4 is 10.6 Å². The molecule has 0 spiro atoms. The van der Waals surface area contributed by atoms with E-state index >= 15 is 0 Å². The number of aliphatic hydroxyl groups is 1. The zero-order valence-electron chi connectivity index (χ0n) is 9.89. The highest BCUT2D eigenvalue weighted by Crippen LogP contribution is 1.99. The van der Waals surface area contributed by atoms with Gasteiger partial charge in [-0.25, -0.2) is 9.59 Å². The van der Waals surface area contributed by atoms with Gasteiger partial charge >= 0.3 is 12.0 Å². The first kappa shape index (κ1) is 14.2. The van der Waals surface area contributed by atoms with E-state index in [2.05, 4.69) is 10.6 Å². The van der Waals surface area contributed by atoms with Crippen molar-refractivity contribution in [3.05, 3.63) is 0 Å². The standard InChI is InChI=1S/C10H17N3O5/c14-6-2-7(9(16)17)12-10(18)13-4-1-8(15)11-3-5-13/h7,14H,1-6H2,(H,11,15)(H,12,18)(H,16,17). The minimum Gasteiger partial charge on any atom is -0.480 e. The van der Waals surface area contributed by atoms with Crippen LogP contribution in [0.3, 0.4) is 0 Å². The molecule has 0 radical (unpaired) electrons. The van der Waals surface area contributed by atoms with Gasteiger partial charge in [-0.1, -0.05) is 0 Å². The number of carboxylic acid groups (broad SMARTS) is 1. The molecule has 1 unspecified atom stereocenters. The Bertz CT molecular complexity index is 333. The number of nitrogens with one attached hydrogen (secondary N) is 2. The number of rotatable bonds is 4. The fourth-order valence-electron chi connectivity index (χ4n) is 1.60. The van der Waals surface area contributed by atoms with Crippen LogP contribution >= 0.6 is 0 Å². The van der Waals surface area contributed by atoms with Crippen LogP contribution in [0.25, 0.3) is 0 Å². The molecule has 1 fully saturated rings. The average molecular weight is 259 g/mol. The van der Waals surface area contributed by atoms with Crippen LogP contribution in [0.2, 0.25) is 0 Å². The van der Waals surface area contributed by atoms with Gasteiger partial charge in [0, 0.05) is 39.1 Å². The topological polar surface area (TPSA) is 119 Å². The van der Waals surface area contributed by atoms with Gasteiger partial charge in [0.25, 0.3) is 0 Å². The number of urea groups is 1. The molecular weight excluding hydrogens is 242 g/mol. The molecule has 0 aliphatic carbocycles. The molecule has 0 bridgehead atoms. The van der Waals surface area contributed by atoms with Crippen molar-refractivity contribution >= 4 is 17.9 Å². The molecule has 1 aliphatic rings. The first-order chi connectivity index (χ1) is 8.54. The predicted octanol–water partition coefficient (Wildman–Crippen LogP) is -1.65. The van der Waals surface area contributed by atoms with Gasteiger partial charge in [0.15, 0.2) is 0 Å². The number of aliphatic carboxylic acids is 1. The van der Waals surface area contributed by atoms with Gasteiger partial charge in [0.1, 0.15) is 6.04 Å². The van der Waals surface area contributed by atoms with Crippen molar-refractivity contribution in [1.29, 1.82) is 0 Å². The number of carboxylic acids is 1. The fourth-order valence-corrected chi connectivity index (χ4v) is 1.60. The summed E-state index contributed by atoms with van der Waals surface area (Å²) in [6, 6.07) is -1.65. The van der Waals surface area contributed by atoms with Crippen molar-refractivity contribution in [3.8, 4) is 0 Å². The third-order valence-corrected chi connectivity index (χ3v) is 2.61. The highest BCUT2D eigenvalue weighted by atomic mass is 16.4. The van der Waals surface area contributed by atoms with Crippen LogP contribution in [-0.4, -0.2) is 65.3 Å². The highest BCUT2D eigenvalue weighted by molar-refractivity contribution is 5.83. The molecule has 1 atom stereocenters. The molecule has 4 N–H and O–H groups in total. The number of carbonyl (C=O) groups is 3. The Hall–Kier alpha value is -1.83. The van der Waals surface area contributed by atoms with Gasteiger partial charge in [0.2, 0.25) is 5.91 Å². The van der Waals surface area contributed by atoms with E-state index in [9.17, 15) is 14.4 Å². The maximum atomic E-state index is 11.8. The van der Waals surface area contributed by atoms with E-state index in [1.54, 1.807) is 0 Å². The largest absolute Gasteiger partial charge is 0.480 e. The number of aliphatic hydroxyl groups excluding tert-OH is 1. The molecule has 1 heterocycles. The van der Waals surface area contributed by atoms with Crippen LogP contribution in [0.15, 0.2) is 0 Å². The monoisotopic (exact) mass is 259 g/mol. The van der Waals surface area contributed by atoms with E-state index in [-0.39, 0.29) is 31.9 Å². The van der Waals surface area contributed by atoms with E-state index in [4.69, 9.17) is 10.2 Å². The Morgan fingerprint density at radius 1 is 1.44 bits per heavy atom. The van der Waals surface area contributed by atoms with Crippen molar-refractivity contribution in [1.82, 2.24) is 15.5 Å². The van der Waals surface area contributed by atoms with E-state index in [0.717, 1.165) is 0 Å². The van der Waals surface area contributed by atoms with Crippen LogP contribution in [-0.2, 0) is 9.59 Å². The van der Waals surface area contributed by atoms with E-state index in [1.807, 2.05) is 0 Å². The van der Waals surface area contributed by atoms with Crippen molar-refractivity contribution in [2.24, 2.45) is 0 Å². The fraction of sp³-hybridized carbons (Fsp3) is 0.700. The number of carbonyl (C=O) groups excluding carboxylic acids is 2. The van der Waals surface area contributed by atoms with E-state index in [1.165, 1.54) is 4.90 Å². The second-order valence-corrected chi connectivity index (χ2v) is 3.94. The number of hydrogen-bond donors (Lipinski definition) is 4. The second kappa shape index (κ2) is 6.80. The van der Waals surface area contributed by atoms with Crippen LogP contribution in [0.1, 0.15) is 12.8 Å². The second-order valence-electron chi connectivity index (χ2n) is 3.94. The summed E-state index contributed by atoms with van der Waals surface area (Å²) < 4.78 is 0. The van der Waals surface area contributed by atoms with Crippen molar-refractivity contribution in [2.45, 2.75) is 18.9 Å². The summed E-state index contributed by atoms with van der Waals surface area (Å²) in [5.74, 6) is -1.32. The lowest BCUT2D eigenvalue weighted by atomic mass is 10.2. The molecule has 0 aromatic rings. The van der Waals surface area contributed by atoms with Gasteiger partial charge in [0.05, 0.1) is 0 Å². The highest BCUT2D eigenvalue weighted by Gasteiger charge is 2.24. The Morgan fingerprint density at radius 2 is 2.17 bits per heavy atom. The van der Waals surface area contributed by atoms with Crippen LogP contribution in [0.5, 0.6) is 0 Å². The summed E-state index contributed by atoms with van der Waals surface area (Å²) in [7, 11) is 0. The lowest BCUT2D eigenvalue weighted by molar-refractivity contribution is -0.139. The Balaban J connectivity index is 2.52. The normalized spacial score (nSPS) is 17.6. The van der Waals surface area contributed by atoms with Gasteiger partial charge in [-0.3, -0.25) is 4.79 Å². The maximum absolute atomic E-state index is 11.8. The summed E-state index contributed by atoms with van der Waals surface area (Å²) in [6.07, 6.45) is 0.150. The lowest BCUT2D eigenvalue weighted by Crippen LogP contribution is -2.49. The zero-order chi connectivity index (χ0) is 13.5. The van der Waals surface area contributed by atoms with Crippen LogP contribution in [0.4, 0.5) is 4.79 Å². The molecular formula is C10H17N3O5. The minimum absolute atomic E-state index is 0.0495. The molecule has 0 aromatic carbocycles. The number of hydrogen-bond acceptors (Lipinski definition) is 4. The molecule has 3 amide bonds. The molecule has 1 aliphatic heterocycles. The summed E-state index contributed by atoms with van der Waals surface area (Å²) in [6.45, 7) is 0.618. The first-order valence-corrected chi connectivity index (χ1v) is 5.70. The molecule has 8 nitrogen and oxygen atoms in total. The Kier molecular flexibility index (Phi) is 5.37. The average Bonchev–Trinajstić information content (AvgIpc) is 2.53. The SMILES string of the molecule is O=C1CCN(C(=O)NC(CCO)C(=O)O)CCN1.